The summed E-state index contributed by atoms with van der Waals surface area (Å²) < 4.78 is 1.95. The Hall–Kier alpha value is -3.05. The zero-order valence-corrected chi connectivity index (χ0v) is 17.3. The van der Waals surface area contributed by atoms with Gasteiger partial charge in [-0.1, -0.05) is 48.0 Å². The lowest BCUT2D eigenvalue weighted by molar-refractivity contribution is 0.0706. The molecule has 1 unspecified atom stereocenters. The molecule has 2 heterocycles. The van der Waals surface area contributed by atoms with E-state index < -0.39 is 0 Å². The SMILES string of the molecule is C=CCN1C(=O)c2ccccc2NC1c1c(C)nn(Cc2ccccc2Cl)c1C. The van der Waals surface area contributed by atoms with Crippen LogP contribution < -0.4 is 5.32 Å². The standard InChI is InChI=1S/C23H23ClN4O/c1-4-13-27-22(25-20-12-8-6-10-18(20)23(27)29)21-15(2)26-28(16(21)3)14-17-9-5-7-11-19(17)24/h4-12,22,25H,1,13-14H2,2-3H3. The lowest BCUT2D eigenvalue weighted by Crippen LogP contribution is -2.43. The topological polar surface area (TPSA) is 50.2 Å². The number of para-hydroxylation sites is 1. The summed E-state index contributed by atoms with van der Waals surface area (Å²) in [5.74, 6) is -0.0121. The molecule has 5 nitrogen and oxygen atoms in total. The first-order valence-electron chi connectivity index (χ1n) is 9.56. The minimum Gasteiger partial charge on any atom is -0.361 e. The smallest absolute Gasteiger partial charge is 0.258 e. The van der Waals surface area contributed by atoms with E-state index in [-0.39, 0.29) is 12.1 Å². The maximum Gasteiger partial charge on any atom is 0.258 e. The summed E-state index contributed by atoms with van der Waals surface area (Å²) in [6.45, 7) is 8.86. The van der Waals surface area contributed by atoms with Gasteiger partial charge in [0.2, 0.25) is 0 Å². The third-order valence-corrected chi connectivity index (χ3v) is 5.71. The first-order valence-corrected chi connectivity index (χ1v) is 9.93. The van der Waals surface area contributed by atoms with Gasteiger partial charge < -0.3 is 10.2 Å². The maximum absolute atomic E-state index is 13.1. The third-order valence-electron chi connectivity index (χ3n) is 5.34. The zero-order valence-electron chi connectivity index (χ0n) is 16.5. The first-order chi connectivity index (χ1) is 14.0. The Bertz CT molecular complexity index is 1090. The molecule has 1 aliphatic rings. The van der Waals surface area contributed by atoms with Crippen LogP contribution in [0.4, 0.5) is 5.69 Å². The molecule has 3 aromatic rings. The average Bonchev–Trinajstić information content (AvgIpc) is 2.99. The van der Waals surface area contributed by atoms with Crippen LogP contribution >= 0.6 is 11.6 Å². The lowest BCUT2D eigenvalue weighted by Gasteiger charge is -2.37. The highest BCUT2D eigenvalue weighted by molar-refractivity contribution is 6.31. The minimum atomic E-state index is -0.310. The molecule has 1 amide bonds. The van der Waals surface area contributed by atoms with Crippen LogP contribution in [0.2, 0.25) is 5.02 Å². The van der Waals surface area contributed by atoms with E-state index in [2.05, 4.69) is 11.9 Å². The number of nitrogens with one attached hydrogen (secondary N) is 1. The largest absolute Gasteiger partial charge is 0.361 e. The number of hydrogen-bond donors (Lipinski definition) is 1. The van der Waals surface area contributed by atoms with Crippen LogP contribution in [0.3, 0.4) is 0 Å². The summed E-state index contributed by atoms with van der Waals surface area (Å²) in [5.41, 5.74) is 5.40. The quantitative estimate of drug-likeness (QED) is 0.609. The van der Waals surface area contributed by atoms with Crippen molar-refractivity contribution in [1.29, 1.82) is 0 Å². The molecule has 4 rings (SSSR count). The molecule has 0 bridgehead atoms. The van der Waals surface area contributed by atoms with Crippen molar-refractivity contribution in [2.45, 2.75) is 26.6 Å². The lowest BCUT2D eigenvalue weighted by atomic mass is 10.0. The average molecular weight is 407 g/mol. The molecular formula is C23H23ClN4O. The van der Waals surface area contributed by atoms with E-state index in [1.54, 1.807) is 11.0 Å². The number of fused-ring (bicyclic) bond motifs is 1. The van der Waals surface area contributed by atoms with Gasteiger partial charge in [0.1, 0.15) is 6.17 Å². The second-order valence-corrected chi connectivity index (χ2v) is 7.58. The molecular weight excluding hydrogens is 384 g/mol. The van der Waals surface area contributed by atoms with Gasteiger partial charge in [-0.25, -0.2) is 0 Å². The van der Waals surface area contributed by atoms with Gasteiger partial charge in [0.05, 0.1) is 17.8 Å². The Morgan fingerprint density at radius 1 is 1.17 bits per heavy atom. The van der Waals surface area contributed by atoms with Crippen LogP contribution in [0.15, 0.2) is 61.2 Å². The molecule has 0 spiro atoms. The monoisotopic (exact) mass is 406 g/mol. The molecule has 0 saturated carbocycles. The number of nitrogens with zero attached hydrogens (tertiary/aromatic N) is 3. The highest BCUT2D eigenvalue weighted by Gasteiger charge is 2.35. The van der Waals surface area contributed by atoms with Gasteiger partial charge in [-0.05, 0) is 37.6 Å². The molecule has 0 saturated heterocycles. The summed E-state index contributed by atoms with van der Waals surface area (Å²) in [7, 11) is 0. The summed E-state index contributed by atoms with van der Waals surface area (Å²) >= 11 is 6.34. The Morgan fingerprint density at radius 2 is 1.90 bits per heavy atom. The number of benzene rings is 2. The van der Waals surface area contributed by atoms with E-state index in [0.717, 1.165) is 33.2 Å². The van der Waals surface area contributed by atoms with E-state index in [1.165, 1.54) is 0 Å². The second-order valence-electron chi connectivity index (χ2n) is 7.17. The van der Waals surface area contributed by atoms with Gasteiger partial charge in [-0.15, -0.1) is 6.58 Å². The number of rotatable bonds is 5. The normalized spacial score (nSPS) is 15.8. The molecule has 1 N–H and O–H groups in total. The number of anilines is 1. The Labute approximate surface area is 175 Å². The number of hydrogen-bond acceptors (Lipinski definition) is 3. The van der Waals surface area contributed by atoms with E-state index in [9.17, 15) is 4.79 Å². The number of amides is 1. The van der Waals surface area contributed by atoms with Gasteiger partial charge in [-0.3, -0.25) is 9.48 Å². The highest BCUT2D eigenvalue weighted by atomic mass is 35.5. The highest BCUT2D eigenvalue weighted by Crippen LogP contribution is 2.35. The van der Waals surface area contributed by atoms with E-state index >= 15 is 0 Å². The van der Waals surface area contributed by atoms with Gasteiger partial charge in [0, 0.05) is 28.5 Å². The molecule has 1 aromatic heterocycles. The Balaban J connectivity index is 1.75. The molecule has 2 aromatic carbocycles. The number of halogens is 1. The molecule has 1 aliphatic heterocycles. The zero-order chi connectivity index (χ0) is 20.5. The van der Waals surface area contributed by atoms with Crippen LogP contribution in [0.1, 0.15) is 39.0 Å². The van der Waals surface area contributed by atoms with Gasteiger partial charge in [-0.2, -0.15) is 5.10 Å². The fourth-order valence-electron chi connectivity index (χ4n) is 3.90. The van der Waals surface area contributed by atoms with Gasteiger partial charge >= 0.3 is 0 Å². The van der Waals surface area contributed by atoms with Crippen molar-refractivity contribution in [2.75, 3.05) is 11.9 Å². The molecule has 148 valence electrons. The summed E-state index contributed by atoms with van der Waals surface area (Å²) in [6, 6.07) is 15.4. The number of aromatic nitrogens is 2. The van der Waals surface area contributed by atoms with Crippen LogP contribution in [-0.2, 0) is 6.54 Å². The first kappa shape index (κ1) is 19.3. The van der Waals surface area contributed by atoms with Gasteiger partial charge in [0.25, 0.3) is 5.91 Å². The van der Waals surface area contributed by atoms with E-state index in [1.807, 2.05) is 67.1 Å². The van der Waals surface area contributed by atoms with Crippen LogP contribution in [-0.4, -0.2) is 27.1 Å². The Morgan fingerprint density at radius 3 is 2.66 bits per heavy atom. The number of carbonyl (C=O) groups excluding carboxylic acids is 1. The van der Waals surface area contributed by atoms with Crippen molar-refractivity contribution < 1.29 is 4.79 Å². The van der Waals surface area contributed by atoms with Crippen molar-refractivity contribution in [3.05, 3.63) is 94.3 Å². The molecule has 0 radical (unpaired) electrons. The summed E-state index contributed by atoms with van der Waals surface area (Å²) in [6.07, 6.45) is 1.44. The molecule has 1 atom stereocenters. The third kappa shape index (κ3) is 3.42. The Kier molecular flexibility index (Phi) is 5.16. The maximum atomic E-state index is 13.1. The predicted octanol–water partition coefficient (Wildman–Crippen LogP) is 4.95. The van der Waals surface area contributed by atoms with Crippen molar-refractivity contribution in [3.63, 3.8) is 0 Å². The fraction of sp³-hybridized carbons (Fsp3) is 0.217. The van der Waals surface area contributed by atoms with Crippen LogP contribution in [0.25, 0.3) is 0 Å². The molecule has 29 heavy (non-hydrogen) atoms. The van der Waals surface area contributed by atoms with Gasteiger partial charge in [0.15, 0.2) is 0 Å². The van der Waals surface area contributed by atoms with Crippen molar-refractivity contribution >= 4 is 23.2 Å². The minimum absolute atomic E-state index is 0.0121. The molecule has 0 aliphatic carbocycles. The van der Waals surface area contributed by atoms with Crippen LogP contribution in [0, 0.1) is 13.8 Å². The van der Waals surface area contributed by atoms with Crippen molar-refractivity contribution in [2.24, 2.45) is 0 Å². The summed E-state index contributed by atoms with van der Waals surface area (Å²) in [5, 5.41) is 9.00. The second kappa shape index (κ2) is 7.76. The number of carbonyl (C=O) groups is 1. The van der Waals surface area contributed by atoms with Crippen molar-refractivity contribution in [1.82, 2.24) is 14.7 Å². The number of aryl methyl sites for hydroxylation is 1. The summed E-state index contributed by atoms with van der Waals surface area (Å²) in [4.78, 5) is 14.9. The van der Waals surface area contributed by atoms with Crippen molar-refractivity contribution in [3.8, 4) is 0 Å². The fourth-order valence-corrected chi connectivity index (χ4v) is 4.09. The van der Waals surface area contributed by atoms with Crippen LogP contribution in [0.5, 0.6) is 0 Å². The van der Waals surface area contributed by atoms with E-state index in [0.29, 0.717) is 18.7 Å². The predicted molar refractivity (Wildman–Crippen MR) is 116 cm³/mol. The molecule has 6 heteroatoms. The molecule has 0 fully saturated rings. The van der Waals surface area contributed by atoms with E-state index in [4.69, 9.17) is 16.7 Å².